The quantitative estimate of drug-likeness (QED) is 0.746. The fourth-order valence-corrected chi connectivity index (χ4v) is 3.47. The molecule has 0 radical (unpaired) electrons. The highest BCUT2D eigenvalue weighted by molar-refractivity contribution is 5.79. The molecular formula is C16H27NO3. The lowest BCUT2D eigenvalue weighted by Gasteiger charge is -2.46. The highest BCUT2D eigenvalue weighted by atomic mass is 16.6. The minimum absolute atomic E-state index is 0.0702. The molecule has 4 nitrogen and oxygen atoms in total. The van der Waals surface area contributed by atoms with Crippen molar-refractivity contribution in [3.8, 4) is 0 Å². The van der Waals surface area contributed by atoms with Gasteiger partial charge in [0.05, 0.1) is 0 Å². The van der Waals surface area contributed by atoms with Crippen LogP contribution in [0.2, 0.25) is 0 Å². The van der Waals surface area contributed by atoms with E-state index >= 15 is 0 Å². The number of piperidine rings is 1. The van der Waals surface area contributed by atoms with Crippen molar-refractivity contribution in [2.75, 3.05) is 0 Å². The van der Waals surface area contributed by atoms with Gasteiger partial charge >= 0.3 is 6.09 Å². The Bertz CT molecular complexity index is 356. The number of fused-ring (bicyclic) bond motifs is 1. The standard InChI is InChI=1S/C16H27NO3/c1-3-5-9-15-11-13-8-6-7-12(10-14(18)4-2)17(13)16(19)20-15/h12-13,15H,3-11H2,1-2H3/t12-,13-,15-/m1/s1. The van der Waals surface area contributed by atoms with Gasteiger partial charge in [0.15, 0.2) is 0 Å². The Hall–Kier alpha value is -1.06. The Morgan fingerprint density at radius 2 is 2.15 bits per heavy atom. The normalized spacial score (nSPS) is 29.8. The molecule has 4 heteroatoms. The number of hydrogen-bond donors (Lipinski definition) is 0. The highest BCUT2D eigenvalue weighted by Crippen LogP contribution is 2.33. The summed E-state index contributed by atoms with van der Waals surface area (Å²) in [5.74, 6) is 0.247. The molecular weight excluding hydrogens is 254 g/mol. The Kier molecular flexibility index (Phi) is 5.44. The average molecular weight is 281 g/mol. The van der Waals surface area contributed by atoms with Crippen LogP contribution in [0.5, 0.6) is 0 Å². The zero-order valence-corrected chi connectivity index (χ0v) is 12.8. The molecule has 0 N–H and O–H groups in total. The SMILES string of the molecule is CCCC[C@@H]1C[C@H]2CCC[C@H](CC(=O)CC)N2C(=O)O1. The van der Waals surface area contributed by atoms with Crippen molar-refractivity contribution in [3.05, 3.63) is 0 Å². The zero-order chi connectivity index (χ0) is 14.5. The largest absolute Gasteiger partial charge is 0.446 e. The van der Waals surface area contributed by atoms with Crippen molar-refractivity contribution in [1.82, 2.24) is 4.90 Å². The van der Waals surface area contributed by atoms with Gasteiger partial charge in [-0.3, -0.25) is 4.79 Å². The zero-order valence-electron chi connectivity index (χ0n) is 12.8. The van der Waals surface area contributed by atoms with E-state index in [-0.39, 0.29) is 24.0 Å². The molecule has 2 aliphatic rings. The molecule has 0 aliphatic carbocycles. The van der Waals surface area contributed by atoms with Crippen LogP contribution >= 0.6 is 0 Å². The van der Waals surface area contributed by atoms with Gasteiger partial charge in [0.25, 0.3) is 0 Å². The van der Waals surface area contributed by atoms with Crippen molar-refractivity contribution in [1.29, 1.82) is 0 Å². The average Bonchev–Trinajstić information content (AvgIpc) is 2.44. The number of carbonyl (C=O) groups excluding carboxylic acids is 2. The van der Waals surface area contributed by atoms with Crippen LogP contribution in [0.4, 0.5) is 4.79 Å². The summed E-state index contributed by atoms with van der Waals surface area (Å²) in [5.41, 5.74) is 0. The molecule has 0 bridgehead atoms. The Morgan fingerprint density at radius 1 is 1.35 bits per heavy atom. The number of amides is 1. The van der Waals surface area contributed by atoms with E-state index in [0.717, 1.165) is 44.9 Å². The molecule has 3 atom stereocenters. The lowest BCUT2D eigenvalue weighted by Crippen LogP contribution is -2.56. The van der Waals surface area contributed by atoms with E-state index in [9.17, 15) is 9.59 Å². The first-order chi connectivity index (χ1) is 9.65. The summed E-state index contributed by atoms with van der Waals surface area (Å²) in [7, 11) is 0. The Morgan fingerprint density at radius 3 is 2.85 bits per heavy atom. The van der Waals surface area contributed by atoms with Crippen molar-refractivity contribution in [2.24, 2.45) is 0 Å². The maximum absolute atomic E-state index is 12.3. The van der Waals surface area contributed by atoms with Gasteiger partial charge in [-0.25, -0.2) is 4.79 Å². The first-order valence-electron chi connectivity index (χ1n) is 8.16. The predicted molar refractivity (Wildman–Crippen MR) is 77.6 cm³/mol. The molecule has 0 unspecified atom stereocenters. The van der Waals surface area contributed by atoms with Gasteiger partial charge in [0.1, 0.15) is 11.9 Å². The number of ether oxygens (including phenoxy) is 1. The third-order valence-corrected chi connectivity index (χ3v) is 4.61. The fourth-order valence-electron chi connectivity index (χ4n) is 3.47. The van der Waals surface area contributed by atoms with Crippen LogP contribution < -0.4 is 0 Å². The lowest BCUT2D eigenvalue weighted by molar-refractivity contribution is -0.121. The van der Waals surface area contributed by atoms with Crippen molar-refractivity contribution in [2.45, 2.75) is 89.8 Å². The fraction of sp³-hybridized carbons (Fsp3) is 0.875. The molecule has 2 aliphatic heterocycles. The summed E-state index contributed by atoms with van der Waals surface area (Å²) in [4.78, 5) is 25.8. The highest BCUT2D eigenvalue weighted by Gasteiger charge is 2.41. The van der Waals surface area contributed by atoms with Crippen LogP contribution in [0.3, 0.4) is 0 Å². The van der Waals surface area contributed by atoms with Gasteiger partial charge in [-0.2, -0.15) is 0 Å². The van der Waals surface area contributed by atoms with Gasteiger partial charge in [-0.1, -0.05) is 26.7 Å². The molecule has 2 heterocycles. The molecule has 20 heavy (non-hydrogen) atoms. The molecule has 2 fully saturated rings. The van der Waals surface area contributed by atoms with Gasteiger partial charge < -0.3 is 9.64 Å². The number of hydrogen-bond acceptors (Lipinski definition) is 3. The molecule has 2 saturated heterocycles. The first kappa shape index (κ1) is 15.3. The second kappa shape index (κ2) is 7.09. The maximum Gasteiger partial charge on any atom is 0.410 e. The van der Waals surface area contributed by atoms with Gasteiger partial charge in [0.2, 0.25) is 0 Å². The van der Waals surface area contributed by atoms with Crippen molar-refractivity contribution >= 4 is 11.9 Å². The summed E-state index contributed by atoms with van der Waals surface area (Å²) in [6, 6.07) is 0.363. The second-order valence-electron chi connectivity index (χ2n) is 6.13. The van der Waals surface area contributed by atoms with Crippen LogP contribution in [0.25, 0.3) is 0 Å². The summed E-state index contributed by atoms with van der Waals surface area (Å²) < 4.78 is 5.58. The minimum atomic E-state index is -0.184. The smallest absolute Gasteiger partial charge is 0.410 e. The number of ketones is 1. The van der Waals surface area contributed by atoms with Crippen molar-refractivity contribution in [3.63, 3.8) is 0 Å². The number of unbranched alkanes of at least 4 members (excludes halogenated alkanes) is 1. The van der Waals surface area contributed by atoms with E-state index in [2.05, 4.69) is 6.92 Å². The predicted octanol–water partition coefficient (Wildman–Crippen LogP) is 3.68. The van der Waals surface area contributed by atoms with Crippen LogP contribution in [0.15, 0.2) is 0 Å². The number of nitrogens with zero attached hydrogens (tertiary/aromatic N) is 1. The Balaban J connectivity index is 1.98. The van der Waals surface area contributed by atoms with E-state index < -0.39 is 0 Å². The van der Waals surface area contributed by atoms with Crippen LogP contribution in [-0.2, 0) is 9.53 Å². The monoisotopic (exact) mass is 281 g/mol. The molecule has 1 amide bonds. The molecule has 0 aromatic heterocycles. The van der Waals surface area contributed by atoms with Gasteiger partial charge in [-0.05, 0) is 25.7 Å². The second-order valence-corrected chi connectivity index (χ2v) is 6.13. The first-order valence-corrected chi connectivity index (χ1v) is 8.16. The third-order valence-electron chi connectivity index (χ3n) is 4.61. The van der Waals surface area contributed by atoms with Crippen LogP contribution in [-0.4, -0.2) is 35.0 Å². The van der Waals surface area contributed by atoms with Gasteiger partial charge in [0, 0.05) is 31.3 Å². The van der Waals surface area contributed by atoms with E-state index in [0.29, 0.717) is 18.9 Å². The molecule has 0 saturated carbocycles. The number of Topliss-reactive ketones (excluding diaryl/α,β-unsaturated/α-hetero) is 1. The molecule has 0 aromatic rings. The number of rotatable bonds is 6. The number of carbonyl (C=O) groups is 2. The van der Waals surface area contributed by atoms with E-state index in [1.165, 1.54) is 0 Å². The minimum Gasteiger partial charge on any atom is -0.446 e. The summed E-state index contributed by atoms with van der Waals surface area (Å²) in [6.07, 6.45) is 8.26. The molecule has 0 aromatic carbocycles. The molecule has 114 valence electrons. The van der Waals surface area contributed by atoms with E-state index in [1.807, 2.05) is 11.8 Å². The van der Waals surface area contributed by atoms with Gasteiger partial charge in [-0.15, -0.1) is 0 Å². The molecule has 0 spiro atoms. The summed E-state index contributed by atoms with van der Waals surface area (Å²) >= 11 is 0. The summed E-state index contributed by atoms with van der Waals surface area (Å²) in [6.45, 7) is 4.04. The topological polar surface area (TPSA) is 46.6 Å². The maximum atomic E-state index is 12.3. The van der Waals surface area contributed by atoms with Crippen LogP contribution in [0, 0.1) is 0 Å². The molecule has 2 rings (SSSR count). The summed E-state index contributed by atoms with van der Waals surface area (Å²) in [5, 5.41) is 0. The Labute approximate surface area is 121 Å². The third kappa shape index (κ3) is 3.53. The van der Waals surface area contributed by atoms with E-state index in [4.69, 9.17) is 4.74 Å². The lowest BCUT2D eigenvalue weighted by atomic mass is 9.88. The number of cyclic esters (lactones) is 1. The van der Waals surface area contributed by atoms with Crippen LogP contribution in [0.1, 0.15) is 71.6 Å². The van der Waals surface area contributed by atoms with E-state index in [1.54, 1.807) is 0 Å². The van der Waals surface area contributed by atoms with Crippen molar-refractivity contribution < 1.29 is 14.3 Å².